The molecule has 0 unspecified atom stereocenters. The van der Waals surface area contributed by atoms with E-state index in [2.05, 4.69) is 9.88 Å². The van der Waals surface area contributed by atoms with Gasteiger partial charge >= 0.3 is 5.97 Å². The Hall–Kier alpha value is -0.980. The Labute approximate surface area is 123 Å². The fourth-order valence-corrected chi connectivity index (χ4v) is 3.36. The summed E-state index contributed by atoms with van der Waals surface area (Å²) in [6, 6.07) is 0.537. The molecule has 2 rings (SSSR count). The minimum absolute atomic E-state index is 0.158. The van der Waals surface area contributed by atoms with E-state index in [4.69, 9.17) is 4.74 Å². The Morgan fingerprint density at radius 2 is 2.30 bits per heavy atom. The van der Waals surface area contributed by atoms with E-state index in [0.29, 0.717) is 30.7 Å². The van der Waals surface area contributed by atoms with Gasteiger partial charge in [0, 0.05) is 24.5 Å². The summed E-state index contributed by atoms with van der Waals surface area (Å²) >= 11 is 1.33. The summed E-state index contributed by atoms with van der Waals surface area (Å²) in [7, 11) is 0. The molecule has 1 aromatic heterocycles. The highest BCUT2D eigenvalue weighted by Crippen LogP contribution is 2.25. The molecule has 0 atom stereocenters. The maximum Gasteiger partial charge on any atom is 0.367 e. The molecule has 0 saturated heterocycles. The van der Waals surface area contributed by atoms with E-state index >= 15 is 0 Å². The standard InChI is InChI=1S/C14H22N2O3S/c1-2-19-14(18)13-15-11(10-20-13)9-16(7-8-17)12-5-3-4-6-12/h10,12,17H,2-9H2,1H3. The molecule has 1 aromatic rings. The van der Waals surface area contributed by atoms with Crippen molar-refractivity contribution in [2.24, 2.45) is 0 Å². The normalized spacial score (nSPS) is 15.9. The maximum absolute atomic E-state index is 11.6. The smallest absolute Gasteiger partial charge is 0.367 e. The van der Waals surface area contributed by atoms with Crippen molar-refractivity contribution in [1.82, 2.24) is 9.88 Å². The summed E-state index contributed by atoms with van der Waals surface area (Å²) in [5.41, 5.74) is 0.887. The van der Waals surface area contributed by atoms with Crippen molar-refractivity contribution in [2.45, 2.75) is 45.2 Å². The van der Waals surface area contributed by atoms with Crippen molar-refractivity contribution in [2.75, 3.05) is 19.8 Å². The average Bonchev–Trinajstić information content (AvgIpc) is 3.10. The highest BCUT2D eigenvalue weighted by molar-refractivity contribution is 7.11. The van der Waals surface area contributed by atoms with Crippen LogP contribution in [0.2, 0.25) is 0 Å². The molecule has 1 aliphatic rings. The van der Waals surface area contributed by atoms with Gasteiger partial charge in [0.15, 0.2) is 0 Å². The molecule has 6 heteroatoms. The molecule has 1 saturated carbocycles. The first-order valence-corrected chi connectivity index (χ1v) is 8.09. The van der Waals surface area contributed by atoms with Gasteiger partial charge in [-0.05, 0) is 19.8 Å². The number of carbonyl (C=O) groups is 1. The predicted octanol–water partition coefficient (Wildman–Crippen LogP) is 2.06. The fourth-order valence-electron chi connectivity index (χ4n) is 2.66. The highest BCUT2D eigenvalue weighted by atomic mass is 32.1. The zero-order chi connectivity index (χ0) is 14.4. The van der Waals surface area contributed by atoms with Gasteiger partial charge in [0.05, 0.1) is 18.9 Å². The van der Waals surface area contributed by atoms with Crippen LogP contribution in [0.1, 0.15) is 48.1 Å². The van der Waals surface area contributed by atoms with Crippen LogP contribution < -0.4 is 0 Å². The summed E-state index contributed by atoms with van der Waals surface area (Å²) < 4.78 is 4.95. The molecule has 1 fully saturated rings. The van der Waals surface area contributed by atoms with E-state index < -0.39 is 0 Å². The fraction of sp³-hybridized carbons (Fsp3) is 0.714. The van der Waals surface area contributed by atoms with Gasteiger partial charge in [0.1, 0.15) is 0 Å². The van der Waals surface area contributed by atoms with Gasteiger partial charge in [-0.25, -0.2) is 9.78 Å². The largest absolute Gasteiger partial charge is 0.461 e. The van der Waals surface area contributed by atoms with Crippen LogP contribution in [0.4, 0.5) is 0 Å². The number of carbonyl (C=O) groups excluding carboxylic acids is 1. The minimum atomic E-state index is -0.349. The first kappa shape index (κ1) is 15.4. The van der Waals surface area contributed by atoms with Crippen molar-refractivity contribution in [3.05, 3.63) is 16.1 Å². The molecule has 0 radical (unpaired) electrons. The van der Waals surface area contributed by atoms with E-state index in [1.807, 2.05) is 5.38 Å². The molecule has 1 heterocycles. The molecule has 20 heavy (non-hydrogen) atoms. The van der Waals surface area contributed by atoms with E-state index in [0.717, 1.165) is 5.69 Å². The quantitative estimate of drug-likeness (QED) is 0.781. The van der Waals surface area contributed by atoms with Crippen molar-refractivity contribution < 1.29 is 14.6 Å². The van der Waals surface area contributed by atoms with E-state index in [9.17, 15) is 9.90 Å². The number of thiazole rings is 1. The Kier molecular flexibility index (Phi) is 5.94. The van der Waals surface area contributed by atoms with Crippen LogP contribution in [0.3, 0.4) is 0 Å². The number of ether oxygens (including phenoxy) is 1. The first-order valence-electron chi connectivity index (χ1n) is 7.21. The average molecular weight is 298 g/mol. The molecule has 0 amide bonds. The van der Waals surface area contributed by atoms with Crippen molar-refractivity contribution in [1.29, 1.82) is 0 Å². The number of hydrogen-bond donors (Lipinski definition) is 1. The molecule has 112 valence electrons. The number of aromatic nitrogens is 1. The second-order valence-corrected chi connectivity index (χ2v) is 5.85. The van der Waals surface area contributed by atoms with Crippen LogP contribution in [-0.2, 0) is 11.3 Å². The third kappa shape index (κ3) is 4.01. The third-order valence-electron chi connectivity index (χ3n) is 3.60. The number of esters is 1. The molecular weight excluding hydrogens is 276 g/mol. The van der Waals surface area contributed by atoms with Crippen LogP contribution in [0, 0.1) is 0 Å². The van der Waals surface area contributed by atoms with Gasteiger partial charge in [-0.1, -0.05) is 12.8 Å². The topological polar surface area (TPSA) is 62.7 Å². The van der Waals surface area contributed by atoms with Gasteiger partial charge in [-0.2, -0.15) is 0 Å². The van der Waals surface area contributed by atoms with Gasteiger partial charge in [0.25, 0.3) is 0 Å². The van der Waals surface area contributed by atoms with Crippen LogP contribution in [0.5, 0.6) is 0 Å². The summed E-state index contributed by atoms with van der Waals surface area (Å²) in [4.78, 5) is 18.2. The van der Waals surface area contributed by atoms with Crippen LogP contribution >= 0.6 is 11.3 Å². The zero-order valence-corrected chi connectivity index (χ0v) is 12.7. The number of rotatable bonds is 7. The van der Waals surface area contributed by atoms with Crippen LogP contribution in [-0.4, -0.2) is 46.8 Å². The lowest BCUT2D eigenvalue weighted by atomic mass is 10.2. The lowest BCUT2D eigenvalue weighted by Gasteiger charge is -2.27. The Morgan fingerprint density at radius 1 is 1.55 bits per heavy atom. The molecule has 0 spiro atoms. The number of aliphatic hydroxyl groups is 1. The lowest BCUT2D eigenvalue weighted by Crippen LogP contribution is -2.35. The molecule has 5 nitrogen and oxygen atoms in total. The predicted molar refractivity (Wildman–Crippen MR) is 77.8 cm³/mol. The van der Waals surface area contributed by atoms with Gasteiger partial charge < -0.3 is 9.84 Å². The van der Waals surface area contributed by atoms with Crippen molar-refractivity contribution in [3.63, 3.8) is 0 Å². The summed E-state index contributed by atoms with van der Waals surface area (Å²) in [5.74, 6) is -0.349. The van der Waals surface area contributed by atoms with E-state index in [1.165, 1.54) is 37.0 Å². The Morgan fingerprint density at radius 3 is 2.95 bits per heavy atom. The second kappa shape index (κ2) is 7.71. The van der Waals surface area contributed by atoms with Gasteiger partial charge in [0.2, 0.25) is 5.01 Å². The number of hydrogen-bond acceptors (Lipinski definition) is 6. The van der Waals surface area contributed by atoms with Crippen molar-refractivity contribution in [3.8, 4) is 0 Å². The summed E-state index contributed by atoms with van der Waals surface area (Å²) in [6.07, 6.45) is 4.90. The van der Waals surface area contributed by atoms with Crippen LogP contribution in [0.15, 0.2) is 5.38 Å². The number of nitrogens with zero attached hydrogens (tertiary/aromatic N) is 2. The molecule has 0 bridgehead atoms. The third-order valence-corrected chi connectivity index (χ3v) is 4.47. The Balaban J connectivity index is 1.97. The van der Waals surface area contributed by atoms with Crippen LogP contribution in [0.25, 0.3) is 0 Å². The molecule has 1 N–H and O–H groups in total. The monoisotopic (exact) mass is 298 g/mol. The maximum atomic E-state index is 11.6. The zero-order valence-electron chi connectivity index (χ0n) is 11.9. The second-order valence-electron chi connectivity index (χ2n) is 5.00. The first-order chi connectivity index (χ1) is 9.74. The molecule has 0 aromatic carbocycles. The van der Waals surface area contributed by atoms with E-state index in [-0.39, 0.29) is 12.6 Å². The number of aliphatic hydroxyl groups excluding tert-OH is 1. The minimum Gasteiger partial charge on any atom is -0.461 e. The van der Waals surface area contributed by atoms with E-state index in [1.54, 1.807) is 6.92 Å². The SMILES string of the molecule is CCOC(=O)c1nc(CN(CCO)C2CCCC2)cs1. The van der Waals surface area contributed by atoms with Gasteiger partial charge in [-0.3, -0.25) is 4.90 Å². The molecule has 1 aliphatic carbocycles. The summed E-state index contributed by atoms with van der Waals surface area (Å²) in [6.45, 7) is 3.67. The van der Waals surface area contributed by atoms with Gasteiger partial charge in [-0.15, -0.1) is 11.3 Å². The Bertz CT molecular complexity index is 430. The molecular formula is C14H22N2O3S. The van der Waals surface area contributed by atoms with Crippen molar-refractivity contribution >= 4 is 17.3 Å². The lowest BCUT2D eigenvalue weighted by molar-refractivity contribution is 0.0525. The highest BCUT2D eigenvalue weighted by Gasteiger charge is 2.23. The summed E-state index contributed by atoms with van der Waals surface area (Å²) in [5, 5.41) is 11.5. The molecule has 0 aliphatic heterocycles.